The Morgan fingerprint density at radius 3 is 2.96 bits per heavy atom. The van der Waals surface area contributed by atoms with Crippen LogP contribution in [-0.4, -0.2) is 50.3 Å². The zero-order valence-corrected chi connectivity index (χ0v) is 15.7. The van der Waals surface area contributed by atoms with Gasteiger partial charge in [0.1, 0.15) is 0 Å². The zero-order chi connectivity index (χ0) is 17.2. The van der Waals surface area contributed by atoms with Crippen molar-refractivity contribution in [1.82, 2.24) is 10.2 Å². The third-order valence-electron chi connectivity index (χ3n) is 4.30. The van der Waals surface area contributed by atoms with E-state index in [1.54, 1.807) is 0 Å². The van der Waals surface area contributed by atoms with E-state index < -0.39 is 0 Å². The molecular weight excluding hydrogens is 322 g/mol. The molecule has 0 radical (unpaired) electrons. The van der Waals surface area contributed by atoms with Gasteiger partial charge in [0.05, 0.1) is 6.61 Å². The highest BCUT2D eigenvalue weighted by atomic mass is 35.5. The molecule has 0 aliphatic carbocycles. The summed E-state index contributed by atoms with van der Waals surface area (Å²) in [5.74, 6) is 1.66. The summed E-state index contributed by atoms with van der Waals surface area (Å²) in [6, 6.07) is 8.06. The van der Waals surface area contributed by atoms with Gasteiger partial charge in [0, 0.05) is 43.7 Å². The normalized spacial score (nSPS) is 18.2. The fraction of sp³-hybridized carbons (Fsp3) is 0.632. The molecule has 134 valence electrons. The van der Waals surface area contributed by atoms with Crippen molar-refractivity contribution in [3.8, 4) is 0 Å². The lowest BCUT2D eigenvalue weighted by atomic mass is 10.1. The Bertz CT molecular complexity index is 521. The summed E-state index contributed by atoms with van der Waals surface area (Å²) in [7, 11) is 0. The number of rotatable bonds is 8. The number of likely N-dealkylation sites (tertiary alicyclic amines) is 1. The van der Waals surface area contributed by atoms with E-state index in [-0.39, 0.29) is 0 Å². The summed E-state index contributed by atoms with van der Waals surface area (Å²) >= 11 is 6.21. The lowest BCUT2D eigenvalue weighted by Gasteiger charge is -2.21. The Labute approximate surface area is 151 Å². The minimum atomic E-state index is 0.622. The second kappa shape index (κ2) is 10.6. The second-order valence-electron chi connectivity index (χ2n) is 6.19. The zero-order valence-electron chi connectivity index (χ0n) is 14.9. The SMILES string of the molecule is CCNC(=NCCCc1ccccc1Cl)N1CCC(COCC)C1. The van der Waals surface area contributed by atoms with E-state index in [2.05, 4.69) is 30.1 Å². The molecule has 1 saturated heterocycles. The summed E-state index contributed by atoms with van der Waals surface area (Å²) in [4.78, 5) is 7.17. The number of aryl methyl sites for hydroxylation is 1. The third kappa shape index (κ3) is 5.99. The molecule has 1 heterocycles. The van der Waals surface area contributed by atoms with Crippen LogP contribution in [0.1, 0.15) is 32.3 Å². The number of nitrogens with one attached hydrogen (secondary N) is 1. The Balaban J connectivity index is 1.81. The van der Waals surface area contributed by atoms with Crippen molar-refractivity contribution in [2.75, 3.05) is 39.4 Å². The van der Waals surface area contributed by atoms with Gasteiger partial charge in [-0.1, -0.05) is 29.8 Å². The van der Waals surface area contributed by atoms with Crippen LogP contribution in [0.15, 0.2) is 29.3 Å². The number of nitrogens with zero attached hydrogens (tertiary/aromatic N) is 2. The van der Waals surface area contributed by atoms with Crippen molar-refractivity contribution in [3.05, 3.63) is 34.9 Å². The van der Waals surface area contributed by atoms with Gasteiger partial charge in [-0.25, -0.2) is 0 Å². The maximum atomic E-state index is 6.21. The van der Waals surface area contributed by atoms with Crippen molar-refractivity contribution in [1.29, 1.82) is 0 Å². The summed E-state index contributed by atoms with van der Waals surface area (Å²) in [6.07, 6.45) is 3.16. The fourth-order valence-electron chi connectivity index (χ4n) is 3.03. The van der Waals surface area contributed by atoms with Gasteiger partial charge in [-0.2, -0.15) is 0 Å². The monoisotopic (exact) mass is 351 g/mol. The molecule has 1 N–H and O–H groups in total. The highest BCUT2D eigenvalue weighted by Gasteiger charge is 2.24. The van der Waals surface area contributed by atoms with Crippen LogP contribution in [0.5, 0.6) is 0 Å². The molecule has 1 atom stereocenters. The lowest BCUT2D eigenvalue weighted by molar-refractivity contribution is 0.114. The molecule has 0 saturated carbocycles. The maximum Gasteiger partial charge on any atom is 0.193 e. The largest absolute Gasteiger partial charge is 0.381 e. The molecule has 24 heavy (non-hydrogen) atoms. The summed E-state index contributed by atoms with van der Waals surface area (Å²) in [5.41, 5.74) is 1.21. The number of hydrogen-bond donors (Lipinski definition) is 1. The van der Waals surface area contributed by atoms with E-state index in [9.17, 15) is 0 Å². The molecule has 4 nitrogen and oxygen atoms in total. The highest BCUT2D eigenvalue weighted by molar-refractivity contribution is 6.31. The van der Waals surface area contributed by atoms with Crippen molar-refractivity contribution in [3.63, 3.8) is 0 Å². The average molecular weight is 352 g/mol. The van der Waals surface area contributed by atoms with Gasteiger partial charge in [0.15, 0.2) is 5.96 Å². The van der Waals surface area contributed by atoms with Crippen molar-refractivity contribution in [2.24, 2.45) is 10.9 Å². The van der Waals surface area contributed by atoms with Gasteiger partial charge in [0.2, 0.25) is 0 Å². The predicted molar refractivity (Wildman–Crippen MR) is 102 cm³/mol. The number of guanidine groups is 1. The van der Waals surface area contributed by atoms with Crippen LogP contribution in [-0.2, 0) is 11.2 Å². The molecule has 0 bridgehead atoms. The molecule has 5 heteroatoms. The van der Waals surface area contributed by atoms with Crippen molar-refractivity contribution < 1.29 is 4.74 Å². The minimum absolute atomic E-state index is 0.622. The van der Waals surface area contributed by atoms with Crippen molar-refractivity contribution >= 4 is 17.6 Å². The van der Waals surface area contributed by atoms with Gasteiger partial charge in [-0.05, 0) is 44.7 Å². The first-order valence-electron chi connectivity index (χ1n) is 9.09. The quantitative estimate of drug-likeness (QED) is 0.441. The summed E-state index contributed by atoms with van der Waals surface area (Å²) in [5, 5.41) is 4.27. The fourth-order valence-corrected chi connectivity index (χ4v) is 3.26. The summed E-state index contributed by atoms with van der Waals surface area (Å²) in [6.45, 7) is 9.65. The van der Waals surface area contributed by atoms with Crippen LogP contribution < -0.4 is 5.32 Å². The Morgan fingerprint density at radius 2 is 2.21 bits per heavy atom. The molecule has 0 aromatic heterocycles. The molecule has 1 aromatic rings. The molecule has 1 unspecified atom stereocenters. The smallest absolute Gasteiger partial charge is 0.193 e. The van der Waals surface area contributed by atoms with E-state index in [4.69, 9.17) is 21.3 Å². The molecule has 2 rings (SSSR count). The van der Waals surface area contributed by atoms with Crippen LogP contribution >= 0.6 is 11.6 Å². The van der Waals surface area contributed by atoms with E-state index >= 15 is 0 Å². The first-order valence-corrected chi connectivity index (χ1v) is 9.46. The third-order valence-corrected chi connectivity index (χ3v) is 4.67. The Morgan fingerprint density at radius 1 is 1.38 bits per heavy atom. The standard InChI is InChI=1S/C19H30ClN3O/c1-3-21-19(23-13-11-16(14-23)15-24-4-2)22-12-7-9-17-8-5-6-10-18(17)20/h5-6,8,10,16H,3-4,7,9,11-15H2,1-2H3,(H,21,22). The van der Waals surface area contributed by atoms with Crippen LogP contribution in [0.25, 0.3) is 0 Å². The van der Waals surface area contributed by atoms with Gasteiger partial charge >= 0.3 is 0 Å². The van der Waals surface area contributed by atoms with Gasteiger partial charge in [0.25, 0.3) is 0 Å². The van der Waals surface area contributed by atoms with E-state index in [1.807, 2.05) is 18.2 Å². The van der Waals surface area contributed by atoms with Crippen LogP contribution in [0.4, 0.5) is 0 Å². The van der Waals surface area contributed by atoms with E-state index in [1.165, 1.54) is 12.0 Å². The number of halogens is 1. The highest BCUT2D eigenvalue weighted by Crippen LogP contribution is 2.18. The van der Waals surface area contributed by atoms with Crippen LogP contribution in [0.3, 0.4) is 0 Å². The molecule has 1 fully saturated rings. The van der Waals surface area contributed by atoms with Crippen molar-refractivity contribution in [2.45, 2.75) is 33.1 Å². The average Bonchev–Trinajstić information content (AvgIpc) is 3.06. The first kappa shape index (κ1) is 19.1. The van der Waals surface area contributed by atoms with Crippen LogP contribution in [0.2, 0.25) is 5.02 Å². The number of benzene rings is 1. The van der Waals surface area contributed by atoms with Gasteiger partial charge in [-0.15, -0.1) is 0 Å². The molecule has 0 spiro atoms. The molecule has 1 aliphatic heterocycles. The first-order chi connectivity index (χ1) is 11.7. The van der Waals surface area contributed by atoms with E-state index in [0.717, 1.165) is 63.2 Å². The van der Waals surface area contributed by atoms with Crippen LogP contribution in [0, 0.1) is 5.92 Å². The molecular formula is C19H30ClN3O. The number of hydrogen-bond acceptors (Lipinski definition) is 2. The van der Waals surface area contributed by atoms with E-state index in [0.29, 0.717) is 5.92 Å². The lowest BCUT2D eigenvalue weighted by Crippen LogP contribution is -2.40. The Hall–Kier alpha value is -1.26. The molecule has 0 amide bonds. The second-order valence-corrected chi connectivity index (χ2v) is 6.60. The molecule has 1 aliphatic rings. The predicted octanol–water partition coefficient (Wildman–Crippen LogP) is 3.60. The number of ether oxygens (including phenoxy) is 1. The number of aliphatic imine (C=N–C) groups is 1. The van der Waals surface area contributed by atoms with Gasteiger partial charge in [-0.3, -0.25) is 4.99 Å². The van der Waals surface area contributed by atoms with Gasteiger partial charge < -0.3 is 15.0 Å². The Kier molecular flexibility index (Phi) is 8.40. The summed E-state index contributed by atoms with van der Waals surface area (Å²) < 4.78 is 5.56. The minimum Gasteiger partial charge on any atom is -0.381 e. The maximum absolute atomic E-state index is 6.21. The molecule has 1 aromatic carbocycles. The topological polar surface area (TPSA) is 36.9 Å².